The Kier molecular flexibility index (Phi) is 3.36. The molecule has 2 rings (SSSR count). The van der Waals surface area contributed by atoms with Crippen molar-refractivity contribution in [1.29, 1.82) is 0 Å². The van der Waals surface area contributed by atoms with Gasteiger partial charge in [0.2, 0.25) is 0 Å². The van der Waals surface area contributed by atoms with E-state index in [9.17, 15) is 0 Å². The Hall–Kier alpha value is -0.410. The van der Waals surface area contributed by atoms with Gasteiger partial charge in [0.05, 0.1) is 10.7 Å². The lowest BCUT2D eigenvalue weighted by Crippen LogP contribution is -2.23. The number of aryl methyl sites for hydroxylation is 1. The third-order valence-corrected chi connectivity index (χ3v) is 4.13. The zero-order valence-corrected chi connectivity index (χ0v) is 11.6. The second kappa shape index (κ2) is 4.46. The van der Waals surface area contributed by atoms with E-state index in [4.69, 9.17) is 4.98 Å². The van der Waals surface area contributed by atoms with Crippen molar-refractivity contribution < 1.29 is 0 Å². The fourth-order valence-electron chi connectivity index (χ4n) is 2.38. The van der Waals surface area contributed by atoms with E-state index in [2.05, 4.69) is 33.0 Å². The lowest BCUT2D eigenvalue weighted by molar-refractivity contribution is 0.559. The molecule has 1 unspecified atom stereocenters. The van der Waals surface area contributed by atoms with Crippen LogP contribution in [0.2, 0.25) is 0 Å². The molecular formula is C13H22N2S. The molecule has 16 heavy (non-hydrogen) atoms. The highest BCUT2D eigenvalue weighted by atomic mass is 32.1. The predicted octanol–water partition coefficient (Wildman–Crippen LogP) is 3.04. The summed E-state index contributed by atoms with van der Waals surface area (Å²) in [7, 11) is 0. The number of nitrogens with zero attached hydrogens (tertiary/aromatic N) is 1. The van der Waals surface area contributed by atoms with Gasteiger partial charge in [-0.25, -0.2) is 4.98 Å². The molecule has 1 aliphatic rings. The first-order valence-corrected chi connectivity index (χ1v) is 6.98. The zero-order valence-electron chi connectivity index (χ0n) is 10.8. The summed E-state index contributed by atoms with van der Waals surface area (Å²) in [6, 6.07) is 0.665. The van der Waals surface area contributed by atoms with Crippen LogP contribution in [0.4, 0.5) is 0 Å². The Bertz CT molecular complexity index is 356. The fourth-order valence-corrected chi connectivity index (χ4v) is 3.60. The van der Waals surface area contributed by atoms with Crippen LogP contribution in [0.3, 0.4) is 0 Å². The molecule has 1 aliphatic heterocycles. The third kappa shape index (κ3) is 2.64. The molecule has 0 bridgehead atoms. The monoisotopic (exact) mass is 238 g/mol. The second-order valence-electron chi connectivity index (χ2n) is 5.76. The van der Waals surface area contributed by atoms with Gasteiger partial charge in [-0.15, -0.1) is 11.3 Å². The Morgan fingerprint density at radius 1 is 1.44 bits per heavy atom. The highest BCUT2D eigenvalue weighted by Gasteiger charge is 2.23. The molecular weight excluding hydrogens is 216 g/mol. The molecule has 1 N–H and O–H groups in total. The molecule has 1 saturated heterocycles. The fraction of sp³-hybridized carbons (Fsp3) is 0.769. The quantitative estimate of drug-likeness (QED) is 0.856. The maximum absolute atomic E-state index is 4.82. The summed E-state index contributed by atoms with van der Waals surface area (Å²) in [6.07, 6.45) is 3.74. The molecule has 0 radical (unpaired) electrons. The zero-order chi connectivity index (χ0) is 11.8. The van der Waals surface area contributed by atoms with Gasteiger partial charge in [0, 0.05) is 22.8 Å². The van der Waals surface area contributed by atoms with Crippen molar-refractivity contribution >= 4 is 11.3 Å². The molecule has 1 aromatic heterocycles. The highest BCUT2D eigenvalue weighted by Crippen LogP contribution is 2.29. The van der Waals surface area contributed by atoms with E-state index in [0.717, 1.165) is 6.42 Å². The molecule has 1 atom stereocenters. The minimum Gasteiger partial charge on any atom is -0.314 e. The summed E-state index contributed by atoms with van der Waals surface area (Å²) in [4.78, 5) is 6.21. The molecule has 1 fully saturated rings. The predicted molar refractivity (Wildman–Crippen MR) is 70.3 cm³/mol. The number of hydrogen-bond donors (Lipinski definition) is 1. The maximum Gasteiger partial charge on any atom is 0.0946 e. The van der Waals surface area contributed by atoms with Crippen LogP contribution >= 0.6 is 11.3 Å². The molecule has 1 aromatic rings. The number of rotatable bonds is 2. The summed E-state index contributed by atoms with van der Waals surface area (Å²) in [5.41, 5.74) is 1.47. The van der Waals surface area contributed by atoms with Gasteiger partial charge >= 0.3 is 0 Å². The Balaban J connectivity index is 2.11. The van der Waals surface area contributed by atoms with E-state index in [0.29, 0.717) is 6.04 Å². The summed E-state index contributed by atoms with van der Waals surface area (Å²) < 4.78 is 0. The molecule has 0 aromatic carbocycles. The van der Waals surface area contributed by atoms with E-state index < -0.39 is 0 Å². The molecule has 0 saturated carbocycles. The minimum absolute atomic E-state index is 0.182. The largest absolute Gasteiger partial charge is 0.314 e. The topological polar surface area (TPSA) is 24.9 Å². The molecule has 0 amide bonds. The van der Waals surface area contributed by atoms with Crippen LogP contribution in [0, 0.1) is 6.92 Å². The summed E-state index contributed by atoms with van der Waals surface area (Å²) in [6.45, 7) is 10.1. The molecule has 3 heteroatoms. The van der Waals surface area contributed by atoms with Crippen molar-refractivity contribution in [2.24, 2.45) is 0 Å². The van der Waals surface area contributed by atoms with E-state index in [1.165, 1.54) is 35.0 Å². The van der Waals surface area contributed by atoms with E-state index in [1.54, 1.807) is 0 Å². The first-order valence-electron chi connectivity index (χ1n) is 6.17. The minimum atomic E-state index is 0.182. The average Bonchev–Trinajstić information content (AvgIpc) is 2.74. The van der Waals surface area contributed by atoms with Gasteiger partial charge in [0.1, 0.15) is 0 Å². The van der Waals surface area contributed by atoms with Crippen molar-refractivity contribution in [2.75, 3.05) is 6.54 Å². The van der Waals surface area contributed by atoms with Crippen molar-refractivity contribution in [3.8, 4) is 0 Å². The van der Waals surface area contributed by atoms with Crippen LogP contribution < -0.4 is 5.32 Å². The standard InChI is InChI=1S/C13H22N2S/c1-9-12(13(2,3)4)15-11(16-9)8-10-6-5-7-14-10/h10,14H,5-8H2,1-4H3. The van der Waals surface area contributed by atoms with Crippen molar-refractivity contribution in [2.45, 2.75) is 58.4 Å². The molecule has 90 valence electrons. The number of aromatic nitrogens is 1. The molecule has 2 nitrogen and oxygen atoms in total. The van der Waals surface area contributed by atoms with Crippen molar-refractivity contribution in [3.63, 3.8) is 0 Å². The van der Waals surface area contributed by atoms with Gasteiger partial charge in [0.15, 0.2) is 0 Å². The van der Waals surface area contributed by atoms with Gasteiger partial charge in [-0.05, 0) is 26.3 Å². The summed E-state index contributed by atoms with van der Waals surface area (Å²) >= 11 is 1.88. The van der Waals surface area contributed by atoms with Crippen molar-refractivity contribution in [1.82, 2.24) is 10.3 Å². The molecule has 0 aliphatic carbocycles. The summed E-state index contributed by atoms with van der Waals surface area (Å²) in [5.74, 6) is 0. The smallest absolute Gasteiger partial charge is 0.0946 e. The summed E-state index contributed by atoms with van der Waals surface area (Å²) in [5, 5.41) is 4.85. The van der Waals surface area contributed by atoms with E-state index in [1.807, 2.05) is 11.3 Å². The normalized spacial score (nSPS) is 21.6. The number of thiazole rings is 1. The van der Waals surface area contributed by atoms with Gasteiger partial charge < -0.3 is 5.32 Å². The van der Waals surface area contributed by atoms with Crippen LogP contribution in [0.15, 0.2) is 0 Å². The first-order chi connectivity index (χ1) is 7.47. The van der Waals surface area contributed by atoms with E-state index in [-0.39, 0.29) is 5.41 Å². The van der Waals surface area contributed by atoms with E-state index >= 15 is 0 Å². The highest BCUT2D eigenvalue weighted by molar-refractivity contribution is 7.11. The second-order valence-corrected chi connectivity index (χ2v) is 7.05. The van der Waals surface area contributed by atoms with Crippen LogP contribution in [-0.4, -0.2) is 17.6 Å². The SMILES string of the molecule is Cc1sc(CC2CCCN2)nc1C(C)(C)C. The Morgan fingerprint density at radius 3 is 2.69 bits per heavy atom. The molecule has 0 spiro atoms. The van der Waals surface area contributed by atoms with Gasteiger partial charge in [-0.3, -0.25) is 0 Å². The Morgan fingerprint density at radius 2 is 2.19 bits per heavy atom. The lowest BCUT2D eigenvalue weighted by atomic mass is 9.91. The number of hydrogen-bond acceptors (Lipinski definition) is 3. The van der Waals surface area contributed by atoms with Crippen LogP contribution in [-0.2, 0) is 11.8 Å². The van der Waals surface area contributed by atoms with Gasteiger partial charge in [0.25, 0.3) is 0 Å². The number of nitrogens with one attached hydrogen (secondary N) is 1. The average molecular weight is 238 g/mol. The first kappa shape index (κ1) is 12.1. The van der Waals surface area contributed by atoms with Crippen LogP contribution in [0.5, 0.6) is 0 Å². The van der Waals surface area contributed by atoms with Crippen LogP contribution in [0.1, 0.15) is 49.2 Å². The van der Waals surface area contributed by atoms with Crippen LogP contribution in [0.25, 0.3) is 0 Å². The maximum atomic E-state index is 4.82. The van der Waals surface area contributed by atoms with Gasteiger partial charge in [-0.2, -0.15) is 0 Å². The van der Waals surface area contributed by atoms with Gasteiger partial charge in [-0.1, -0.05) is 20.8 Å². The lowest BCUT2D eigenvalue weighted by Gasteiger charge is -2.16. The Labute approximate surface area is 102 Å². The molecule has 2 heterocycles. The van der Waals surface area contributed by atoms with Crippen molar-refractivity contribution in [3.05, 3.63) is 15.6 Å². The third-order valence-electron chi connectivity index (χ3n) is 3.13.